The van der Waals surface area contributed by atoms with Gasteiger partial charge in [0.1, 0.15) is 0 Å². The highest BCUT2D eigenvalue weighted by Gasteiger charge is 2.14. The number of thioether (sulfide) groups is 1. The minimum absolute atomic E-state index is 0.306. The quantitative estimate of drug-likeness (QED) is 0.828. The van der Waals surface area contributed by atoms with E-state index in [1.165, 1.54) is 28.7 Å². The zero-order valence-corrected chi connectivity index (χ0v) is 12.2. The number of amides is 1. The summed E-state index contributed by atoms with van der Waals surface area (Å²) in [5.74, 6) is -0.353. The Labute approximate surface area is 119 Å². The molecule has 2 aromatic rings. The van der Waals surface area contributed by atoms with Crippen LogP contribution in [-0.2, 0) is 4.79 Å². The van der Waals surface area contributed by atoms with E-state index in [-0.39, 0.29) is 11.2 Å². The molecular weight excluding hydrogens is 280 g/mol. The molecule has 0 saturated heterocycles. The Morgan fingerprint density at radius 1 is 1.47 bits per heavy atom. The van der Waals surface area contributed by atoms with Gasteiger partial charge in [0.25, 0.3) is 0 Å². The molecule has 0 aliphatic rings. The molecule has 7 heteroatoms. The summed E-state index contributed by atoms with van der Waals surface area (Å²) in [7, 11) is 0. The van der Waals surface area contributed by atoms with Gasteiger partial charge in [-0.15, -0.1) is 10.2 Å². The summed E-state index contributed by atoms with van der Waals surface area (Å²) in [5, 5.41) is 11.6. The molecule has 0 saturated carbocycles. The molecule has 0 aliphatic carbocycles. The molecule has 0 aliphatic heterocycles. The molecule has 1 aromatic carbocycles. The van der Waals surface area contributed by atoms with Crippen molar-refractivity contribution in [2.75, 3.05) is 5.32 Å². The fourth-order valence-electron chi connectivity index (χ4n) is 1.36. The summed E-state index contributed by atoms with van der Waals surface area (Å²) < 4.78 is 0.724. The van der Waals surface area contributed by atoms with Crippen LogP contribution in [0.3, 0.4) is 0 Å². The predicted octanol–water partition coefficient (Wildman–Crippen LogP) is 2.56. The first-order chi connectivity index (χ1) is 9.04. The highest BCUT2D eigenvalue weighted by atomic mass is 32.2. The molecule has 1 amide bonds. The van der Waals surface area contributed by atoms with Crippen molar-refractivity contribution < 1.29 is 4.79 Å². The monoisotopic (exact) mass is 294 g/mol. The molecule has 1 unspecified atom stereocenters. The highest BCUT2D eigenvalue weighted by Crippen LogP contribution is 2.30. The average Bonchev–Trinajstić information content (AvgIpc) is 2.76. The maximum atomic E-state index is 11.0. The van der Waals surface area contributed by atoms with Crippen LogP contribution >= 0.6 is 23.1 Å². The van der Waals surface area contributed by atoms with Crippen LogP contribution in [0.2, 0.25) is 0 Å². The number of carbonyl (C=O) groups is 1. The number of hydrogen-bond donors (Lipinski definition) is 2. The first kappa shape index (κ1) is 13.8. The Morgan fingerprint density at radius 2 is 2.26 bits per heavy atom. The maximum Gasteiger partial charge on any atom is 0.230 e. The van der Waals surface area contributed by atoms with E-state index in [4.69, 9.17) is 5.73 Å². The van der Waals surface area contributed by atoms with E-state index in [1.54, 1.807) is 6.92 Å². The molecule has 3 N–H and O–H groups in total. The third kappa shape index (κ3) is 3.93. The number of nitrogens with one attached hydrogen (secondary N) is 1. The lowest BCUT2D eigenvalue weighted by Gasteiger charge is -2.02. The number of aromatic nitrogens is 2. The van der Waals surface area contributed by atoms with E-state index in [1.807, 2.05) is 31.2 Å². The summed E-state index contributed by atoms with van der Waals surface area (Å²) in [4.78, 5) is 11.0. The summed E-state index contributed by atoms with van der Waals surface area (Å²) >= 11 is 2.72. The Kier molecular flexibility index (Phi) is 4.39. The number of nitrogens with zero attached hydrogens (tertiary/aromatic N) is 2. The van der Waals surface area contributed by atoms with Gasteiger partial charge in [-0.25, -0.2) is 0 Å². The van der Waals surface area contributed by atoms with Crippen molar-refractivity contribution in [3.8, 4) is 0 Å². The van der Waals surface area contributed by atoms with Crippen molar-refractivity contribution in [2.24, 2.45) is 5.73 Å². The van der Waals surface area contributed by atoms with Gasteiger partial charge in [-0.05, 0) is 31.5 Å². The normalized spacial score (nSPS) is 12.1. The lowest BCUT2D eigenvalue weighted by molar-refractivity contribution is -0.117. The van der Waals surface area contributed by atoms with Crippen LogP contribution in [0.5, 0.6) is 0 Å². The van der Waals surface area contributed by atoms with Crippen molar-refractivity contribution in [2.45, 2.75) is 23.4 Å². The topological polar surface area (TPSA) is 80.9 Å². The number of primary amides is 1. The molecule has 19 heavy (non-hydrogen) atoms. The summed E-state index contributed by atoms with van der Waals surface area (Å²) in [6, 6.07) is 8.00. The van der Waals surface area contributed by atoms with Gasteiger partial charge in [0.15, 0.2) is 4.34 Å². The molecule has 5 nitrogen and oxygen atoms in total. The number of nitrogens with two attached hydrogens (primary N) is 1. The van der Waals surface area contributed by atoms with Crippen LogP contribution in [0.15, 0.2) is 28.6 Å². The van der Waals surface area contributed by atoms with E-state index in [9.17, 15) is 4.79 Å². The molecule has 1 atom stereocenters. The van der Waals surface area contributed by atoms with Gasteiger partial charge in [0, 0.05) is 5.69 Å². The zero-order valence-electron chi connectivity index (χ0n) is 10.6. The van der Waals surface area contributed by atoms with Crippen LogP contribution in [0.1, 0.15) is 12.5 Å². The molecule has 0 bridgehead atoms. The molecule has 0 fully saturated rings. The molecule has 1 heterocycles. The van der Waals surface area contributed by atoms with Crippen molar-refractivity contribution >= 4 is 39.8 Å². The summed E-state index contributed by atoms with van der Waals surface area (Å²) in [6.07, 6.45) is 0. The molecular formula is C12H14N4OS2. The second-order valence-electron chi connectivity index (χ2n) is 4.03. The van der Waals surface area contributed by atoms with Crippen molar-refractivity contribution in [3.05, 3.63) is 29.8 Å². The molecule has 1 aromatic heterocycles. The first-order valence-corrected chi connectivity index (χ1v) is 7.37. The minimum atomic E-state index is -0.353. The molecule has 100 valence electrons. The van der Waals surface area contributed by atoms with Crippen LogP contribution in [0.4, 0.5) is 10.8 Å². The Bertz CT molecular complexity index is 585. The van der Waals surface area contributed by atoms with E-state index < -0.39 is 0 Å². The lowest BCUT2D eigenvalue weighted by Crippen LogP contribution is -2.22. The summed E-state index contributed by atoms with van der Waals surface area (Å²) in [5.41, 5.74) is 7.35. The fourth-order valence-corrected chi connectivity index (χ4v) is 3.23. The molecule has 0 radical (unpaired) electrons. The minimum Gasteiger partial charge on any atom is -0.369 e. The Hall–Kier alpha value is -1.60. The van der Waals surface area contributed by atoms with E-state index in [0.29, 0.717) is 5.13 Å². The number of rotatable bonds is 5. The van der Waals surface area contributed by atoms with Gasteiger partial charge in [-0.3, -0.25) is 4.79 Å². The number of anilines is 2. The van der Waals surface area contributed by atoms with Crippen molar-refractivity contribution in [1.29, 1.82) is 0 Å². The second kappa shape index (κ2) is 6.03. The van der Waals surface area contributed by atoms with E-state index >= 15 is 0 Å². The van der Waals surface area contributed by atoms with E-state index in [2.05, 4.69) is 15.5 Å². The predicted molar refractivity (Wildman–Crippen MR) is 78.9 cm³/mol. The van der Waals surface area contributed by atoms with Gasteiger partial charge < -0.3 is 11.1 Å². The largest absolute Gasteiger partial charge is 0.369 e. The number of aryl methyl sites for hydroxylation is 1. The number of benzene rings is 1. The Balaban J connectivity index is 2.03. The van der Waals surface area contributed by atoms with Gasteiger partial charge in [-0.1, -0.05) is 35.2 Å². The third-order valence-electron chi connectivity index (χ3n) is 2.35. The number of carbonyl (C=O) groups excluding carboxylic acids is 1. The highest BCUT2D eigenvalue weighted by molar-refractivity contribution is 8.02. The fraction of sp³-hybridized carbons (Fsp3) is 0.250. The zero-order chi connectivity index (χ0) is 13.8. The van der Waals surface area contributed by atoms with E-state index in [0.717, 1.165) is 10.0 Å². The van der Waals surface area contributed by atoms with Gasteiger partial charge in [-0.2, -0.15) is 0 Å². The van der Waals surface area contributed by atoms with Crippen LogP contribution in [-0.4, -0.2) is 21.4 Å². The molecule has 0 spiro atoms. The average molecular weight is 294 g/mol. The SMILES string of the molecule is Cc1cccc(Nc2nnc(SC(C)C(N)=O)s2)c1. The van der Waals surface area contributed by atoms with Crippen LogP contribution < -0.4 is 11.1 Å². The lowest BCUT2D eigenvalue weighted by atomic mass is 10.2. The smallest absolute Gasteiger partial charge is 0.230 e. The number of hydrogen-bond acceptors (Lipinski definition) is 6. The maximum absolute atomic E-state index is 11.0. The van der Waals surface area contributed by atoms with Gasteiger partial charge in [0.2, 0.25) is 11.0 Å². The van der Waals surface area contributed by atoms with Crippen molar-refractivity contribution in [3.63, 3.8) is 0 Å². The van der Waals surface area contributed by atoms with Gasteiger partial charge in [0.05, 0.1) is 5.25 Å². The third-order valence-corrected chi connectivity index (χ3v) is 4.40. The summed E-state index contributed by atoms with van der Waals surface area (Å²) in [6.45, 7) is 3.78. The Morgan fingerprint density at radius 3 is 2.95 bits per heavy atom. The van der Waals surface area contributed by atoms with Crippen molar-refractivity contribution in [1.82, 2.24) is 10.2 Å². The van der Waals surface area contributed by atoms with Gasteiger partial charge >= 0.3 is 0 Å². The first-order valence-electron chi connectivity index (χ1n) is 5.68. The van der Waals surface area contributed by atoms with Crippen LogP contribution in [0, 0.1) is 6.92 Å². The second-order valence-corrected chi connectivity index (χ2v) is 6.60. The standard InChI is InChI=1S/C12H14N4OS2/c1-7-4-3-5-9(6-7)14-11-15-16-12(19-11)18-8(2)10(13)17/h3-6,8H,1-2H3,(H2,13,17)(H,14,15). The molecule has 2 rings (SSSR count). The van der Waals surface area contributed by atoms with Crippen LogP contribution in [0.25, 0.3) is 0 Å².